The maximum atomic E-state index is 12.4. The van der Waals surface area contributed by atoms with E-state index in [9.17, 15) is 9.59 Å². The number of hydrogen-bond donors (Lipinski definition) is 2. The van der Waals surface area contributed by atoms with Crippen LogP contribution in [0.2, 0.25) is 0 Å². The SMILES string of the molecule is O=C(O)c1ccc(CNC(=O)C2SCCc3ccccc32)o1. The molecule has 2 aromatic rings. The third-order valence-electron chi connectivity index (χ3n) is 3.54. The lowest BCUT2D eigenvalue weighted by Crippen LogP contribution is -2.29. The van der Waals surface area contributed by atoms with Crippen molar-refractivity contribution < 1.29 is 19.1 Å². The molecule has 0 radical (unpaired) electrons. The molecule has 0 spiro atoms. The van der Waals surface area contributed by atoms with E-state index in [1.165, 1.54) is 11.6 Å². The summed E-state index contributed by atoms with van der Waals surface area (Å²) in [6.07, 6.45) is 0.977. The van der Waals surface area contributed by atoms with Crippen LogP contribution in [0.4, 0.5) is 0 Å². The summed E-state index contributed by atoms with van der Waals surface area (Å²) in [7, 11) is 0. The molecule has 1 unspecified atom stereocenters. The third kappa shape index (κ3) is 3.01. The number of rotatable bonds is 4. The Morgan fingerprint density at radius 3 is 2.86 bits per heavy atom. The molecule has 0 fully saturated rings. The highest BCUT2D eigenvalue weighted by molar-refractivity contribution is 8.00. The fourth-order valence-corrected chi connectivity index (χ4v) is 3.68. The summed E-state index contributed by atoms with van der Waals surface area (Å²) >= 11 is 1.62. The molecule has 1 aliphatic heterocycles. The number of aromatic carboxylic acids is 1. The minimum absolute atomic E-state index is 0.0783. The molecule has 1 aliphatic rings. The Labute approximate surface area is 131 Å². The topological polar surface area (TPSA) is 79.5 Å². The van der Waals surface area contributed by atoms with Gasteiger partial charge in [-0.05, 0) is 35.4 Å². The van der Waals surface area contributed by atoms with Crippen molar-refractivity contribution in [2.75, 3.05) is 5.75 Å². The average Bonchev–Trinajstić information content (AvgIpc) is 3.01. The first-order valence-corrected chi connectivity index (χ1v) is 7.99. The number of fused-ring (bicyclic) bond motifs is 1. The van der Waals surface area contributed by atoms with Gasteiger partial charge in [0.15, 0.2) is 0 Å². The number of hydrogen-bond acceptors (Lipinski definition) is 4. The van der Waals surface area contributed by atoms with Crippen molar-refractivity contribution >= 4 is 23.6 Å². The number of thioether (sulfide) groups is 1. The number of carboxylic acids is 1. The van der Waals surface area contributed by atoms with Crippen LogP contribution in [0.1, 0.15) is 32.7 Å². The highest BCUT2D eigenvalue weighted by atomic mass is 32.2. The molecule has 2 N–H and O–H groups in total. The number of carbonyl (C=O) groups excluding carboxylic acids is 1. The standard InChI is InChI=1S/C16H15NO4S/c18-15(17-9-11-5-6-13(21-11)16(19)20)14-12-4-2-1-3-10(12)7-8-22-14/h1-6,14H,7-9H2,(H,17,18)(H,19,20). The van der Waals surface area contributed by atoms with Gasteiger partial charge >= 0.3 is 5.97 Å². The van der Waals surface area contributed by atoms with Gasteiger partial charge in [0.05, 0.1) is 6.54 Å². The Hall–Kier alpha value is -2.21. The Morgan fingerprint density at radius 1 is 1.27 bits per heavy atom. The first-order chi connectivity index (χ1) is 10.6. The molecule has 1 atom stereocenters. The number of amides is 1. The van der Waals surface area contributed by atoms with E-state index in [2.05, 4.69) is 11.4 Å². The van der Waals surface area contributed by atoms with E-state index in [1.54, 1.807) is 17.8 Å². The van der Waals surface area contributed by atoms with Gasteiger partial charge < -0.3 is 14.8 Å². The highest BCUT2D eigenvalue weighted by Crippen LogP contribution is 2.36. The molecule has 3 rings (SSSR count). The Bertz CT molecular complexity index is 710. The van der Waals surface area contributed by atoms with Crippen molar-refractivity contribution in [3.8, 4) is 0 Å². The van der Waals surface area contributed by atoms with E-state index in [1.807, 2.05) is 18.2 Å². The number of carboxylic acid groups (broad SMARTS) is 1. The first kappa shape index (κ1) is 14.7. The average molecular weight is 317 g/mol. The zero-order valence-electron chi connectivity index (χ0n) is 11.7. The third-order valence-corrected chi connectivity index (χ3v) is 4.78. The molecular formula is C16H15NO4S. The number of furan rings is 1. The van der Waals surface area contributed by atoms with Gasteiger partial charge in [-0.25, -0.2) is 4.79 Å². The Kier molecular flexibility index (Phi) is 4.20. The molecule has 1 amide bonds. The van der Waals surface area contributed by atoms with Crippen LogP contribution in [0.25, 0.3) is 0 Å². The van der Waals surface area contributed by atoms with Crippen LogP contribution in [-0.2, 0) is 17.8 Å². The van der Waals surface area contributed by atoms with Gasteiger partial charge in [0, 0.05) is 0 Å². The molecule has 1 aromatic carbocycles. The van der Waals surface area contributed by atoms with Crippen molar-refractivity contribution in [1.29, 1.82) is 0 Å². The summed E-state index contributed by atoms with van der Waals surface area (Å²) in [5.74, 6) is 0.0280. The van der Waals surface area contributed by atoms with Gasteiger partial charge in [-0.3, -0.25) is 4.79 Å². The lowest BCUT2D eigenvalue weighted by molar-refractivity contribution is -0.120. The summed E-state index contributed by atoms with van der Waals surface area (Å²) in [6, 6.07) is 10.9. The predicted molar refractivity (Wildman–Crippen MR) is 82.9 cm³/mol. The fourth-order valence-electron chi connectivity index (χ4n) is 2.47. The summed E-state index contributed by atoms with van der Waals surface area (Å²) in [4.78, 5) is 23.1. The summed E-state index contributed by atoms with van der Waals surface area (Å²) in [5, 5.41) is 11.4. The van der Waals surface area contributed by atoms with Crippen LogP contribution < -0.4 is 5.32 Å². The first-order valence-electron chi connectivity index (χ1n) is 6.94. The predicted octanol–water partition coefficient (Wildman–Crippen LogP) is 2.62. The second-order valence-corrected chi connectivity index (χ2v) is 6.20. The second-order valence-electron chi connectivity index (χ2n) is 4.99. The van der Waals surface area contributed by atoms with Crippen molar-refractivity contribution in [1.82, 2.24) is 5.32 Å². The summed E-state index contributed by atoms with van der Waals surface area (Å²) in [5.41, 5.74) is 2.27. The number of aryl methyl sites for hydroxylation is 1. The van der Waals surface area contributed by atoms with Crippen molar-refractivity contribution in [3.05, 3.63) is 59.0 Å². The zero-order chi connectivity index (χ0) is 15.5. The molecule has 0 saturated heterocycles. The largest absolute Gasteiger partial charge is 0.475 e. The van der Waals surface area contributed by atoms with Crippen LogP contribution in [0.5, 0.6) is 0 Å². The molecule has 22 heavy (non-hydrogen) atoms. The molecule has 0 saturated carbocycles. The molecule has 114 valence electrons. The highest BCUT2D eigenvalue weighted by Gasteiger charge is 2.26. The number of carbonyl (C=O) groups is 2. The monoisotopic (exact) mass is 317 g/mol. The Balaban J connectivity index is 1.66. The molecule has 6 heteroatoms. The van der Waals surface area contributed by atoms with Crippen molar-refractivity contribution in [2.45, 2.75) is 18.2 Å². The van der Waals surface area contributed by atoms with Crippen molar-refractivity contribution in [2.24, 2.45) is 0 Å². The molecule has 2 heterocycles. The quantitative estimate of drug-likeness (QED) is 0.906. The van der Waals surface area contributed by atoms with Gasteiger partial charge in [0.25, 0.3) is 0 Å². The van der Waals surface area contributed by atoms with Gasteiger partial charge in [-0.15, -0.1) is 11.8 Å². The fraction of sp³-hybridized carbons (Fsp3) is 0.250. The van der Waals surface area contributed by atoms with Crippen LogP contribution >= 0.6 is 11.8 Å². The van der Waals surface area contributed by atoms with Gasteiger partial charge in [0.2, 0.25) is 11.7 Å². The Morgan fingerprint density at radius 2 is 2.09 bits per heavy atom. The van der Waals surface area contributed by atoms with Crippen LogP contribution in [0.3, 0.4) is 0 Å². The maximum Gasteiger partial charge on any atom is 0.371 e. The molecule has 0 bridgehead atoms. The summed E-state index contributed by atoms with van der Waals surface area (Å²) < 4.78 is 5.13. The van der Waals surface area contributed by atoms with E-state index in [0.29, 0.717) is 5.76 Å². The number of benzene rings is 1. The normalized spacial score (nSPS) is 16.8. The van der Waals surface area contributed by atoms with E-state index in [0.717, 1.165) is 17.7 Å². The van der Waals surface area contributed by atoms with E-state index in [4.69, 9.17) is 9.52 Å². The smallest absolute Gasteiger partial charge is 0.371 e. The minimum atomic E-state index is -1.12. The van der Waals surface area contributed by atoms with Crippen LogP contribution in [0.15, 0.2) is 40.8 Å². The zero-order valence-corrected chi connectivity index (χ0v) is 12.6. The lowest BCUT2D eigenvalue weighted by Gasteiger charge is -2.24. The molecule has 5 nitrogen and oxygen atoms in total. The lowest BCUT2D eigenvalue weighted by atomic mass is 10.0. The second kappa shape index (κ2) is 6.27. The van der Waals surface area contributed by atoms with E-state index in [-0.39, 0.29) is 23.5 Å². The molecule has 1 aromatic heterocycles. The maximum absolute atomic E-state index is 12.4. The van der Waals surface area contributed by atoms with Gasteiger partial charge in [0.1, 0.15) is 11.0 Å². The summed E-state index contributed by atoms with van der Waals surface area (Å²) in [6.45, 7) is 0.186. The molecular weight excluding hydrogens is 302 g/mol. The van der Waals surface area contributed by atoms with Crippen molar-refractivity contribution in [3.63, 3.8) is 0 Å². The van der Waals surface area contributed by atoms with E-state index < -0.39 is 5.97 Å². The number of nitrogens with one attached hydrogen (secondary N) is 1. The van der Waals surface area contributed by atoms with E-state index >= 15 is 0 Å². The molecule has 0 aliphatic carbocycles. The van der Waals surface area contributed by atoms with Gasteiger partial charge in [-0.2, -0.15) is 0 Å². The van der Waals surface area contributed by atoms with Crippen LogP contribution in [-0.4, -0.2) is 22.7 Å². The van der Waals surface area contributed by atoms with Crippen LogP contribution in [0, 0.1) is 0 Å². The van der Waals surface area contributed by atoms with Gasteiger partial charge in [-0.1, -0.05) is 24.3 Å². The minimum Gasteiger partial charge on any atom is -0.475 e.